The Hall–Kier alpha value is -3.51. The van der Waals surface area contributed by atoms with Gasteiger partial charge in [0.1, 0.15) is 11.3 Å². The van der Waals surface area contributed by atoms with E-state index in [9.17, 15) is 22.8 Å². The number of anilines is 1. The number of amides is 1. The Bertz CT molecular complexity index is 1270. The van der Waals surface area contributed by atoms with Crippen LogP contribution in [0.15, 0.2) is 35.4 Å². The second-order valence-corrected chi connectivity index (χ2v) is 8.16. The summed E-state index contributed by atoms with van der Waals surface area (Å²) in [6, 6.07) is 5.11. The van der Waals surface area contributed by atoms with E-state index in [1.54, 1.807) is 25.4 Å². The Labute approximate surface area is 192 Å². The largest absolute Gasteiger partial charge is 0.422 e. The fraction of sp³-hybridized carbons (Fsp3) is 0.364. The number of nitrogens with one attached hydrogen (secondary N) is 2. The molecule has 0 spiro atoms. The SMILES string of the molecule is CNC(=O)c1ccc(N2CCN(Cc3cnc4c(C)c(C(F)(F)F)c(=O)[nH]c4c3)[C@H](N)C2)cn1. The van der Waals surface area contributed by atoms with Crippen molar-refractivity contribution in [2.75, 3.05) is 31.6 Å². The van der Waals surface area contributed by atoms with Crippen molar-refractivity contribution in [3.8, 4) is 0 Å². The molecule has 3 aromatic heterocycles. The van der Waals surface area contributed by atoms with Gasteiger partial charge in [0.25, 0.3) is 11.5 Å². The molecule has 3 aromatic rings. The molecule has 4 rings (SSSR count). The summed E-state index contributed by atoms with van der Waals surface area (Å²) in [4.78, 5) is 38.5. The number of fused-ring (bicyclic) bond motifs is 1. The quantitative estimate of drug-likeness (QED) is 0.524. The standard InChI is InChI=1S/C22H24F3N7O2/c1-12-18(22(23,24)25)21(34)30-16-7-13(8-29-19(12)16)10-32-6-5-31(11-17(32)26)14-3-4-15(28-9-14)20(33)27-2/h3-4,7-9,17H,5-6,10-11,26H2,1-2H3,(H,27,33)(H,30,34)/t17-/m0/s1. The second-order valence-electron chi connectivity index (χ2n) is 8.16. The van der Waals surface area contributed by atoms with E-state index in [0.717, 1.165) is 11.3 Å². The first-order chi connectivity index (χ1) is 16.1. The van der Waals surface area contributed by atoms with E-state index in [4.69, 9.17) is 5.73 Å². The molecule has 1 fully saturated rings. The summed E-state index contributed by atoms with van der Waals surface area (Å²) in [5, 5.41) is 2.53. The number of carbonyl (C=O) groups excluding carboxylic acids is 1. The van der Waals surface area contributed by atoms with Crippen molar-refractivity contribution in [2.45, 2.75) is 25.8 Å². The summed E-state index contributed by atoms with van der Waals surface area (Å²) in [6.45, 7) is 3.48. The van der Waals surface area contributed by atoms with Gasteiger partial charge in [-0.25, -0.2) is 4.98 Å². The van der Waals surface area contributed by atoms with Gasteiger partial charge in [0, 0.05) is 39.4 Å². The molecule has 9 nitrogen and oxygen atoms in total. The van der Waals surface area contributed by atoms with E-state index >= 15 is 0 Å². The maximum absolute atomic E-state index is 13.2. The van der Waals surface area contributed by atoms with Crippen LogP contribution in [0.5, 0.6) is 0 Å². The lowest BCUT2D eigenvalue weighted by molar-refractivity contribution is -0.139. The van der Waals surface area contributed by atoms with Crippen LogP contribution in [0.4, 0.5) is 18.9 Å². The molecule has 0 aliphatic carbocycles. The zero-order chi connectivity index (χ0) is 24.6. The highest BCUT2D eigenvalue weighted by Gasteiger charge is 2.37. The maximum Gasteiger partial charge on any atom is 0.422 e. The number of rotatable bonds is 4. The minimum absolute atomic E-state index is 0.109. The number of aromatic amines is 1. The van der Waals surface area contributed by atoms with Crippen molar-refractivity contribution in [1.29, 1.82) is 0 Å². The van der Waals surface area contributed by atoms with E-state index < -0.39 is 17.3 Å². The number of pyridine rings is 3. The van der Waals surface area contributed by atoms with Gasteiger partial charge in [-0.3, -0.25) is 19.5 Å². The highest BCUT2D eigenvalue weighted by molar-refractivity contribution is 5.92. The summed E-state index contributed by atoms with van der Waals surface area (Å²) < 4.78 is 39.6. The van der Waals surface area contributed by atoms with Crippen LogP contribution in [-0.2, 0) is 12.7 Å². The van der Waals surface area contributed by atoms with Crippen LogP contribution in [0.1, 0.15) is 27.2 Å². The van der Waals surface area contributed by atoms with Crippen molar-refractivity contribution in [1.82, 2.24) is 25.2 Å². The Morgan fingerprint density at radius 1 is 1.26 bits per heavy atom. The van der Waals surface area contributed by atoms with Crippen molar-refractivity contribution in [3.05, 3.63) is 63.3 Å². The van der Waals surface area contributed by atoms with Crippen LogP contribution in [0.3, 0.4) is 0 Å². The molecular weight excluding hydrogens is 451 g/mol. The molecule has 0 aromatic carbocycles. The average Bonchev–Trinajstić information content (AvgIpc) is 2.79. The lowest BCUT2D eigenvalue weighted by Crippen LogP contribution is -2.56. The summed E-state index contributed by atoms with van der Waals surface area (Å²) >= 11 is 0. The first-order valence-electron chi connectivity index (χ1n) is 10.6. The number of piperazine rings is 1. The molecule has 34 heavy (non-hydrogen) atoms. The smallest absolute Gasteiger partial charge is 0.366 e. The number of carbonyl (C=O) groups is 1. The topological polar surface area (TPSA) is 120 Å². The van der Waals surface area contributed by atoms with Crippen LogP contribution >= 0.6 is 0 Å². The fourth-order valence-corrected chi connectivity index (χ4v) is 4.15. The van der Waals surface area contributed by atoms with E-state index in [-0.39, 0.29) is 28.7 Å². The number of aryl methyl sites for hydroxylation is 1. The Kier molecular flexibility index (Phi) is 6.28. The van der Waals surface area contributed by atoms with Crippen molar-refractivity contribution in [3.63, 3.8) is 0 Å². The Morgan fingerprint density at radius 3 is 2.65 bits per heavy atom. The van der Waals surface area contributed by atoms with Crippen molar-refractivity contribution < 1.29 is 18.0 Å². The number of nitrogens with zero attached hydrogens (tertiary/aromatic N) is 4. The minimum atomic E-state index is -4.75. The normalized spacial score (nSPS) is 17.2. The second kappa shape index (κ2) is 9.03. The molecule has 0 radical (unpaired) electrons. The lowest BCUT2D eigenvalue weighted by Gasteiger charge is -2.40. The van der Waals surface area contributed by atoms with Gasteiger partial charge < -0.3 is 20.9 Å². The third kappa shape index (κ3) is 4.59. The summed E-state index contributed by atoms with van der Waals surface area (Å²) in [7, 11) is 1.54. The van der Waals surface area contributed by atoms with Gasteiger partial charge >= 0.3 is 6.18 Å². The monoisotopic (exact) mass is 475 g/mol. The van der Waals surface area contributed by atoms with E-state index in [1.807, 2.05) is 11.0 Å². The van der Waals surface area contributed by atoms with Crippen LogP contribution in [-0.4, -0.2) is 58.6 Å². The molecule has 1 saturated heterocycles. The molecular formula is C22H24F3N7O2. The van der Waals surface area contributed by atoms with Crippen molar-refractivity contribution >= 4 is 22.6 Å². The fourth-order valence-electron chi connectivity index (χ4n) is 4.15. The number of hydrogen-bond acceptors (Lipinski definition) is 7. The molecule has 180 valence electrons. The Morgan fingerprint density at radius 2 is 2.03 bits per heavy atom. The van der Waals surface area contributed by atoms with E-state index in [0.29, 0.717) is 31.9 Å². The predicted molar refractivity (Wildman–Crippen MR) is 120 cm³/mol. The lowest BCUT2D eigenvalue weighted by atomic mass is 10.1. The Balaban J connectivity index is 1.48. The first kappa shape index (κ1) is 23.6. The zero-order valence-corrected chi connectivity index (χ0v) is 18.6. The van der Waals surface area contributed by atoms with Gasteiger partial charge in [0.15, 0.2) is 0 Å². The molecule has 0 unspecified atom stereocenters. The number of aromatic nitrogens is 3. The summed E-state index contributed by atoms with van der Waals surface area (Å²) in [5.74, 6) is -0.261. The first-order valence-corrected chi connectivity index (χ1v) is 10.6. The van der Waals surface area contributed by atoms with Crippen LogP contribution in [0.25, 0.3) is 11.0 Å². The van der Waals surface area contributed by atoms with Gasteiger partial charge in [0.2, 0.25) is 0 Å². The third-order valence-electron chi connectivity index (χ3n) is 5.93. The molecule has 1 aliphatic rings. The molecule has 0 bridgehead atoms. The molecule has 1 amide bonds. The number of hydrogen-bond donors (Lipinski definition) is 3. The molecule has 4 heterocycles. The zero-order valence-electron chi connectivity index (χ0n) is 18.6. The molecule has 1 atom stereocenters. The third-order valence-corrected chi connectivity index (χ3v) is 5.93. The maximum atomic E-state index is 13.2. The minimum Gasteiger partial charge on any atom is -0.366 e. The molecule has 12 heteroatoms. The summed E-state index contributed by atoms with van der Waals surface area (Å²) in [6.07, 6.45) is -1.93. The highest BCUT2D eigenvalue weighted by Crippen LogP contribution is 2.31. The number of H-pyrrole nitrogens is 1. The number of halogens is 3. The van der Waals surface area contributed by atoms with Crippen LogP contribution in [0, 0.1) is 6.92 Å². The van der Waals surface area contributed by atoms with Gasteiger partial charge in [-0.1, -0.05) is 0 Å². The molecule has 0 saturated carbocycles. The summed E-state index contributed by atoms with van der Waals surface area (Å²) in [5.41, 5.74) is 6.04. The number of alkyl halides is 3. The van der Waals surface area contributed by atoms with E-state index in [2.05, 4.69) is 25.2 Å². The molecule has 1 aliphatic heterocycles. The van der Waals surface area contributed by atoms with Gasteiger partial charge in [-0.05, 0) is 36.2 Å². The van der Waals surface area contributed by atoms with Crippen molar-refractivity contribution in [2.24, 2.45) is 5.73 Å². The van der Waals surface area contributed by atoms with Gasteiger partial charge in [-0.2, -0.15) is 13.2 Å². The average molecular weight is 475 g/mol. The van der Waals surface area contributed by atoms with Gasteiger partial charge in [-0.15, -0.1) is 0 Å². The number of nitrogens with two attached hydrogens (primary N) is 1. The van der Waals surface area contributed by atoms with E-state index in [1.165, 1.54) is 13.1 Å². The predicted octanol–water partition coefficient (Wildman–Crippen LogP) is 1.61. The van der Waals surface area contributed by atoms with Gasteiger partial charge in [0.05, 0.1) is 29.1 Å². The molecule has 4 N–H and O–H groups in total. The van der Waals surface area contributed by atoms with Crippen LogP contribution < -0.4 is 21.5 Å². The highest BCUT2D eigenvalue weighted by atomic mass is 19.4. The van der Waals surface area contributed by atoms with Crippen LogP contribution in [0.2, 0.25) is 0 Å².